The summed E-state index contributed by atoms with van der Waals surface area (Å²) in [5.74, 6) is 1.64. The van der Waals surface area contributed by atoms with Crippen molar-refractivity contribution in [1.29, 1.82) is 0 Å². The SMILES string of the molecule is CC(C)OCCN(C)C1(CN)CC(C(C)C)C1. The zero-order chi connectivity index (χ0) is 13.1. The van der Waals surface area contributed by atoms with Crippen LogP contribution in [0.5, 0.6) is 0 Å². The third-order valence-corrected chi connectivity index (χ3v) is 4.29. The Kier molecular flexibility index (Phi) is 5.42. The summed E-state index contributed by atoms with van der Waals surface area (Å²) in [6.45, 7) is 11.4. The summed E-state index contributed by atoms with van der Waals surface area (Å²) in [5, 5.41) is 0. The Hall–Kier alpha value is -0.120. The standard InChI is InChI=1S/C14H30N2O/c1-11(2)13-8-14(9-13,10-15)16(5)6-7-17-12(3)4/h11-13H,6-10,15H2,1-5H3. The summed E-state index contributed by atoms with van der Waals surface area (Å²) in [4.78, 5) is 2.41. The van der Waals surface area contributed by atoms with Crippen LogP contribution in [0.4, 0.5) is 0 Å². The number of nitrogens with zero attached hydrogens (tertiary/aromatic N) is 1. The first-order chi connectivity index (χ1) is 7.91. The molecule has 2 N–H and O–H groups in total. The maximum atomic E-state index is 5.98. The van der Waals surface area contributed by atoms with Gasteiger partial charge in [0.05, 0.1) is 12.7 Å². The van der Waals surface area contributed by atoms with E-state index >= 15 is 0 Å². The van der Waals surface area contributed by atoms with Crippen LogP contribution in [0.25, 0.3) is 0 Å². The number of nitrogens with two attached hydrogens (primary N) is 1. The van der Waals surface area contributed by atoms with Gasteiger partial charge >= 0.3 is 0 Å². The molecular weight excluding hydrogens is 212 g/mol. The van der Waals surface area contributed by atoms with Gasteiger partial charge in [-0.1, -0.05) is 13.8 Å². The van der Waals surface area contributed by atoms with Gasteiger partial charge in [-0.25, -0.2) is 0 Å². The van der Waals surface area contributed by atoms with Gasteiger partial charge in [0, 0.05) is 18.6 Å². The zero-order valence-corrected chi connectivity index (χ0v) is 12.2. The molecule has 3 nitrogen and oxygen atoms in total. The van der Waals surface area contributed by atoms with Crippen LogP contribution in [0.2, 0.25) is 0 Å². The molecule has 0 aromatic carbocycles. The van der Waals surface area contributed by atoms with Crippen LogP contribution in [-0.4, -0.2) is 43.3 Å². The molecule has 0 radical (unpaired) electrons. The van der Waals surface area contributed by atoms with Crippen molar-refractivity contribution in [3.8, 4) is 0 Å². The third kappa shape index (κ3) is 3.67. The van der Waals surface area contributed by atoms with Crippen LogP contribution in [0, 0.1) is 11.8 Å². The lowest BCUT2D eigenvalue weighted by molar-refractivity contribution is -0.0382. The van der Waals surface area contributed by atoms with Gasteiger partial charge < -0.3 is 10.5 Å². The fourth-order valence-corrected chi connectivity index (χ4v) is 2.68. The van der Waals surface area contributed by atoms with Crippen molar-refractivity contribution in [2.45, 2.75) is 52.2 Å². The maximum Gasteiger partial charge on any atom is 0.0597 e. The normalized spacial score (nSPS) is 29.1. The Morgan fingerprint density at radius 1 is 1.29 bits per heavy atom. The highest BCUT2D eigenvalue weighted by atomic mass is 16.5. The van der Waals surface area contributed by atoms with Gasteiger partial charge in [-0.05, 0) is 45.6 Å². The first kappa shape index (κ1) is 14.9. The van der Waals surface area contributed by atoms with Crippen molar-refractivity contribution in [2.75, 3.05) is 26.7 Å². The lowest BCUT2D eigenvalue weighted by Crippen LogP contribution is -2.61. The molecule has 17 heavy (non-hydrogen) atoms. The number of hydrogen-bond donors (Lipinski definition) is 1. The molecule has 0 saturated heterocycles. The highest BCUT2D eigenvalue weighted by Gasteiger charge is 2.46. The second-order valence-corrected chi connectivity index (χ2v) is 6.18. The zero-order valence-electron chi connectivity index (χ0n) is 12.2. The molecule has 1 rings (SSSR count). The monoisotopic (exact) mass is 242 g/mol. The van der Waals surface area contributed by atoms with Crippen LogP contribution >= 0.6 is 0 Å². The first-order valence-electron chi connectivity index (χ1n) is 6.94. The van der Waals surface area contributed by atoms with E-state index in [0.29, 0.717) is 6.10 Å². The van der Waals surface area contributed by atoms with Crippen molar-refractivity contribution in [3.05, 3.63) is 0 Å². The summed E-state index contributed by atoms with van der Waals surface area (Å²) in [6, 6.07) is 0. The largest absolute Gasteiger partial charge is 0.377 e. The van der Waals surface area contributed by atoms with Crippen molar-refractivity contribution in [1.82, 2.24) is 4.90 Å². The minimum Gasteiger partial charge on any atom is -0.377 e. The topological polar surface area (TPSA) is 38.5 Å². The Morgan fingerprint density at radius 3 is 2.29 bits per heavy atom. The van der Waals surface area contributed by atoms with Gasteiger partial charge in [0.2, 0.25) is 0 Å². The smallest absolute Gasteiger partial charge is 0.0597 e. The highest BCUT2D eigenvalue weighted by Crippen LogP contribution is 2.44. The van der Waals surface area contributed by atoms with Crippen molar-refractivity contribution in [3.63, 3.8) is 0 Å². The van der Waals surface area contributed by atoms with Crippen molar-refractivity contribution in [2.24, 2.45) is 17.6 Å². The van der Waals surface area contributed by atoms with Gasteiger partial charge in [0.15, 0.2) is 0 Å². The molecule has 0 amide bonds. The van der Waals surface area contributed by atoms with Crippen LogP contribution < -0.4 is 5.73 Å². The quantitative estimate of drug-likeness (QED) is 0.743. The molecule has 0 atom stereocenters. The molecular formula is C14H30N2O. The lowest BCUT2D eigenvalue weighted by Gasteiger charge is -2.54. The van der Waals surface area contributed by atoms with E-state index < -0.39 is 0 Å². The van der Waals surface area contributed by atoms with Crippen LogP contribution in [0.15, 0.2) is 0 Å². The average Bonchev–Trinajstić information content (AvgIpc) is 2.15. The predicted octanol–water partition coefficient (Wildman–Crippen LogP) is 2.11. The number of ether oxygens (including phenoxy) is 1. The highest BCUT2D eigenvalue weighted by molar-refractivity contribution is 5.03. The number of rotatable bonds is 7. The molecule has 1 fully saturated rings. The first-order valence-corrected chi connectivity index (χ1v) is 6.94. The summed E-state index contributed by atoms with van der Waals surface area (Å²) >= 11 is 0. The number of hydrogen-bond acceptors (Lipinski definition) is 3. The van der Waals surface area contributed by atoms with E-state index in [1.807, 2.05) is 0 Å². The van der Waals surface area contributed by atoms with Crippen molar-refractivity contribution < 1.29 is 4.74 Å². The molecule has 0 heterocycles. The molecule has 0 aromatic rings. The van der Waals surface area contributed by atoms with Gasteiger partial charge in [-0.2, -0.15) is 0 Å². The summed E-state index contributed by atoms with van der Waals surface area (Å²) in [5.41, 5.74) is 6.23. The average molecular weight is 242 g/mol. The minimum atomic E-state index is 0.245. The molecule has 0 bridgehead atoms. The fourth-order valence-electron chi connectivity index (χ4n) is 2.68. The van der Waals surface area contributed by atoms with Gasteiger partial charge in [0.25, 0.3) is 0 Å². The van der Waals surface area contributed by atoms with Gasteiger partial charge in [0.1, 0.15) is 0 Å². The Labute approximate surface area is 107 Å². The maximum absolute atomic E-state index is 5.98. The van der Waals surface area contributed by atoms with E-state index in [-0.39, 0.29) is 5.54 Å². The molecule has 3 heteroatoms. The summed E-state index contributed by atoms with van der Waals surface area (Å²) < 4.78 is 5.61. The van der Waals surface area contributed by atoms with E-state index in [0.717, 1.165) is 31.5 Å². The van der Waals surface area contributed by atoms with E-state index in [2.05, 4.69) is 39.6 Å². The van der Waals surface area contributed by atoms with E-state index in [1.54, 1.807) is 0 Å². The molecule has 0 aliphatic heterocycles. The molecule has 1 aliphatic carbocycles. The molecule has 0 aromatic heterocycles. The molecule has 0 unspecified atom stereocenters. The Morgan fingerprint density at radius 2 is 1.88 bits per heavy atom. The molecule has 102 valence electrons. The molecule has 1 saturated carbocycles. The second kappa shape index (κ2) is 6.17. The Bertz CT molecular complexity index is 222. The summed E-state index contributed by atoms with van der Waals surface area (Å²) in [7, 11) is 2.19. The fraction of sp³-hybridized carbons (Fsp3) is 1.00. The van der Waals surface area contributed by atoms with E-state index in [1.165, 1.54) is 12.8 Å². The lowest BCUT2D eigenvalue weighted by atomic mass is 9.63. The third-order valence-electron chi connectivity index (χ3n) is 4.29. The minimum absolute atomic E-state index is 0.245. The summed E-state index contributed by atoms with van der Waals surface area (Å²) in [6.07, 6.45) is 2.82. The second-order valence-electron chi connectivity index (χ2n) is 6.18. The van der Waals surface area contributed by atoms with Gasteiger partial charge in [-0.3, -0.25) is 4.90 Å². The predicted molar refractivity (Wildman–Crippen MR) is 73.1 cm³/mol. The molecule has 1 aliphatic rings. The Balaban J connectivity index is 2.36. The van der Waals surface area contributed by atoms with Crippen LogP contribution in [-0.2, 0) is 4.74 Å². The van der Waals surface area contributed by atoms with Crippen LogP contribution in [0.3, 0.4) is 0 Å². The van der Waals surface area contributed by atoms with Crippen LogP contribution in [0.1, 0.15) is 40.5 Å². The van der Waals surface area contributed by atoms with E-state index in [4.69, 9.17) is 10.5 Å². The van der Waals surface area contributed by atoms with Crippen molar-refractivity contribution >= 4 is 0 Å². The number of likely N-dealkylation sites (N-methyl/N-ethyl adjacent to an activating group) is 1. The van der Waals surface area contributed by atoms with E-state index in [9.17, 15) is 0 Å². The molecule has 0 spiro atoms. The van der Waals surface area contributed by atoms with Gasteiger partial charge in [-0.15, -0.1) is 0 Å².